The summed E-state index contributed by atoms with van der Waals surface area (Å²) in [4.78, 5) is 10.3. The van der Waals surface area contributed by atoms with Crippen LogP contribution in [0.15, 0.2) is 0 Å². The van der Waals surface area contributed by atoms with Crippen molar-refractivity contribution in [3.8, 4) is 0 Å². The van der Waals surface area contributed by atoms with Gasteiger partial charge in [0.15, 0.2) is 0 Å². The first-order valence-electron chi connectivity index (χ1n) is 3.28. The van der Waals surface area contributed by atoms with Crippen molar-refractivity contribution in [3.63, 3.8) is 0 Å². The number of halogens is 8. The Hall–Kier alpha value is 0.470. The number of carbonyl (C=O) groups is 1. The molecule has 1 rings (SSSR count). The number of hydrogen-bond donors (Lipinski definition) is 0. The molecule has 3 nitrogen and oxygen atoms in total. The highest BCUT2D eigenvalue weighted by Gasteiger charge is 2.78. The lowest BCUT2D eigenvalue weighted by atomic mass is 10.3. The molecule has 0 spiro atoms. The molecule has 1 aliphatic rings. The summed E-state index contributed by atoms with van der Waals surface area (Å²) < 4.78 is 51.2. The number of rotatable bonds is 1. The minimum atomic E-state index is -5.60. The molecular weight excluding hydrogens is 326 g/mol. The largest absolute Gasteiger partial charge is 0.454 e. The van der Waals surface area contributed by atoms with Gasteiger partial charge >= 0.3 is 18.0 Å². The van der Waals surface area contributed by atoms with E-state index in [0.29, 0.717) is 0 Å². The third-order valence-electron chi connectivity index (χ3n) is 1.51. The van der Waals surface area contributed by atoms with Gasteiger partial charge in [-0.2, -0.15) is 17.6 Å². The Labute approximate surface area is 105 Å². The van der Waals surface area contributed by atoms with Crippen LogP contribution in [0, 0.1) is 0 Å². The van der Waals surface area contributed by atoms with Gasteiger partial charge in [-0.1, -0.05) is 46.4 Å². The molecule has 0 aromatic rings. The van der Waals surface area contributed by atoms with Gasteiger partial charge in [0.2, 0.25) is 0 Å². The molecule has 0 unspecified atom stereocenters. The molecule has 94 valence electrons. The molecule has 0 atom stereocenters. The molecule has 0 amide bonds. The molecule has 0 radical (unpaired) electrons. The van der Waals surface area contributed by atoms with E-state index in [1.807, 2.05) is 0 Å². The van der Waals surface area contributed by atoms with E-state index < -0.39 is 27.0 Å². The van der Waals surface area contributed by atoms with Crippen LogP contribution in [0.1, 0.15) is 0 Å². The van der Waals surface area contributed by atoms with Crippen LogP contribution in [0.5, 0.6) is 0 Å². The van der Waals surface area contributed by atoms with Crippen molar-refractivity contribution >= 4 is 52.4 Å². The van der Waals surface area contributed by atoms with Crippen LogP contribution >= 0.6 is 46.4 Å². The monoisotopic (exact) mass is 324 g/mol. The zero-order valence-electron chi connectivity index (χ0n) is 6.75. The van der Waals surface area contributed by atoms with Gasteiger partial charge in [0.05, 0.1) is 0 Å². The molecule has 16 heavy (non-hydrogen) atoms. The Morgan fingerprint density at radius 1 is 1.00 bits per heavy atom. The lowest BCUT2D eigenvalue weighted by Gasteiger charge is -2.24. The van der Waals surface area contributed by atoms with Gasteiger partial charge in [-0.15, -0.1) is 0 Å². The van der Waals surface area contributed by atoms with Crippen LogP contribution in [-0.4, -0.2) is 27.0 Å². The van der Waals surface area contributed by atoms with E-state index in [4.69, 9.17) is 46.4 Å². The average molecular weight is 326 g/mol. The minimum absolute atomic E-state index is 2.96. The fourth-order valence-corrected chi connectivity index (χ4v) is 1.40. The Balaban J connectivity index is 3.27. The predicted molar refractivity (Wildman–Crippen MR) is 45.9 cm³/mol. The molecule has 1 aliphatic heterocycles. The standard InChI is InChI=1S/C5Cl4F4O3/c6-3(7)4(8,9)16-2(15-3,1(10)14)5(11,12)13. The molecule has 0 saturated carbocycles. The highest BCUT2D eigenvalue weighted by Crippen LogP contribution is 2.58. The van der Waals surface area contributed by atoms with Crippen molar-refractivity contribution in [2.75, 3.05) is 0 Å². The first kappa shape index (κ1) is 14.5. The molecule has 0 bridgehead atoms. The summed E-state index contributed by atoms with van der Waals surface area (Å²) in [5, 5.41) is 0. The van der Waals surface area contributed by atoms with Crippen LogP contribution in [0.2, 0.25) is 0 Å². The van der Waals surface area contributed by atoms with E-state index in [0.717, 1.165) is 0 Å². The van der Waals surface area contributed by atoms with E-state index in [1.54, 1.807) is 0 Å². The average Bonchev–Trinajstić information content (AvgIpc) is 2.17. The second-order valence-corrected chi connectivity index (χ2v) is 5.14. The molecule has 11 heteroatoms. The van der Waals surface area contributed by atoms with Gasteiger partial charge in [-0.3, -0.25) is 14.3 Å². The van der Waals surface area contributed by atoms with Crippen molar-refractivity contribution in [1.29, 1.82) is 0 Å². The second-order valence-electron chi connectivity index (χ2n) is 2.63. The van der Waals surface area contributed by atoms with Crippen LogP contribution in [0.3, 0.4) is 0 Å². The summed E-state index contributed by atoms with van der Waals surface area (Å²) in [5.41, 5.74) is 0. The third kappa shape index (κ3) is 1.97. The fraction of sp³-hybridized carbons (Fsp3) is 0.800. The highest BCUT2D eigenvalue weighted by atomic mass is 35.5. The highest BCUT2D eigenvalue weighted by molar-refractivity contribution is 6.61. The molecule has 0 aromatic heterocycles. The summed E-state index contributed by atoms with van der Waals surface area (Å²) in [6, 6.07) is -3.03. The maximum Gasteiger partial charge on any atom is 0.454 e. The van der Waals surface area contributed by atoms with Gasteiger partial charge < -0.3 is 0 Å². The maximum atomic E-state index is 12.4. The number of alkyl halides is 7. The van der Waals surface area contributed by atoms with E-state index in [9.17, 15) is 22.4 Å². The molecule has 0 N–H and O–H groups in total. The molecular formula is C5Cl4F4O3. The summed E-state index contributed by atoms with van der Waals surface area (Å²) in [5.74, 6) is -4.33. The van der Waals surface area contributed by atoms with Crippen molar-refractivity contribution in [1.82, 2.24) is 0 Å². The normalized spacial score (nSPS) is 26.8. The van der Waals surface area contributed by atoms with E-state index in [2.05, 4.69) is 9.47 Å². The zero-order chi connectivity index (χ0) is 13.0. The van der Waals surface area contributed by atoms with Gasteiger partial charge in [-0.25, -0.2) is 0 Å². The summed E-state index contributed by atoms with van der Waals surface area (Å²) in [7, 11) is 0. The van der Waals surface area contributed by atoms with Crippen LogP contribution in [-0.2, 0) is 14.3 Å². The smallest absolute Gasteiger partial charge is 0.293 e. The number of ether oxygens (including phenoxy) is 2. The lowest BCUT2D eigenvalue weighted by molar-refractivity contribution is -0.333. The van der Waals surface area contributed by atoms with E-state index in [1.165, 1.54) is 0 Å². The Kier molecular flexibility index (Phi) is 3.39. The Morgan fingerprint density at radius 3 is 1.44 bits per heavy atom. The summed E-state index contributed by atoms with van der Waals surface area (Å²) in [6.07, 6.45) is -5.60. The quantitative estimate of drug-likeness (QED) is 0.422. The van der Waals surface area contributed by atoms with Crippen LogP contribution < -0.4 is 0 Å². The number of hydrogen-bond acceptors (Lipinski definition) is 3. The van der Waals surface area contributed by atoms with Crippen LogP contribution in [0.25, 0.3) is 0 Å². The number of carbonyl (C=O) groups excluding carboxylic acids is 1. The zero-order valence-corrected chi connectivity index (χ0v) is 9.77. The molecule has 0 aliphatic carbocycles. The summed E-state index contributed by atoms with van der Waals surface area (Å²) >= 11 is 20.5. The maximum absolute atomic E-state index is 12.4. The van der Waals surface area contributed by atoms with Crippen molar-refractivity contribution in [3.05, 3.63) is 0 Å². The summed E-state index contributed by atoms with van der Waals surface area (Å²) in [6.45, 7) is 0. The second kappa shape index (κ2) is 3.73. The third-order valence-corrected chi connectivity index (χ3v) is 3.27. The van der Waals surface area contributed by atoms with Crippen molar-refractivity contribution < 1.29 is 31.8 Å². The molecule has 1 saturated heterocycles. The van der Waals surface area contributed by atoms with Gasteiger partial charge in [-0.05, 0) is 0 Å². The lowest BCUT2D eigenvalue weighted by Crippen LogP contribution is -2.52. The van der Waals surface area contributed by atoms with Crippen molar-refractivity contribution in [2.45, 2.75) is 21.0 Å². The topological polar surface area (TPSA) is 35.5 Å². The van der Waals surface area contributed by atoms with Crippen LogP contribution in [0.4, 0.5) is 17.6 Å². The van der Waals surface area contributed by atoms with E-state index in [-0.39, 0.29) is 0 Å². The van der Waals surface area contributed by atoms with Gasteiger partial charge in [0.1, 0.15) is 0 Å². The Bertz CT molecular complexity index is 312. The first-order chi connectivity index (χ1) is 6.86. The van der Waals surface area contributed by atoms with Crippen molar-refractivity contribution in [2.24, 2.45) is 0 Å². The first-order valence-corrected chi connectivity index (χ1v) is 4.79. The van der Waals surface area contributed by atoms with E-state index >= 15 is 0 Å². The SMILES string of the molecule is O=C(F)C1(C(F)(F)F)OC(Cl)(Cl)C(Cl)(Cl)O1. The molecule has 1 fully saturated rings. The van der Waals surface area contributed by atoms with Gasteiger partial charge in [0, 0.05) is 0 Å². The minimum Gasteiger partial charge on any atom is -0.293 e. The molecule has 1 heterocycles. The van der Waals surface area contributed by atoms with Gasteiger partial charge in [0.25, 0.3) is 9.04 Å². The predicted octanol–water partition coefficient (Wildman–Crippen LogP) is 3.05. The Morgan fingerprint density at radius 2 is 1.31 bits per heavy atom. The fourth-order valence-electron chi connectivity index (χ4n) is 0.808. The molecule has 0 aromatic carbocycles.